The molecule has 30 heavy (non-hydrogen) atoms. The largest absolute Gasteiger partial charge is 0.493 e. The van der Waals surface area contributed by atoms with E-state index in [4.69, 9.17) is 14.2 Å². The molecule has 2 aliphatic rings. The van der Waals surface area contributed by atoms with Gasteiger partial charge in [-0.2, -0.15) is 0 Å². The van der Waals surface area contributed by atoms with Crippen LogP contribution in [0.4, 0.5) is 0 Å². The van der Waals surface area contributed by atoms with Gasteiger partial charge in [-0.15, -0.1) is 0 Å². The van der Waals surface area contributed by atoms with Crippen molar-refractivity contribution in [1.29, 1.82) is 0 Å². The summed E-state index contributed by atoms with van der Waals surface area (Å²) in [6, 6.07) is 11.4. The average Bonchev–Trinajstić information content (AvgIpc) is 3.25. The predicted octanol–water partition coefficient (Wildman–Crippen LogP) is 2.35. The number of nitrogens with zero attached hydrogens (tertiary/aromatic N) is 1. The minimum Gasteiger partial charge on any atom is -0.493 e. The van der Waals surface area contributed by atoms with Crippen molar-refractivity contribution in [2.45, 2.75) is 26.0 Å². The summed E-state index contributed by atoms with van der Waals surface area (Å²) in [5.41, 5.74) is 1.38. The second kappa shape index (κ2) is 7.98. The van der Waals surface area contributed by atoms with E-state index in [9.17, 15) is 19.2 Å². The van der Waals surface area contributed by atoms with E-state index in [2.05, 4.69) is 0 Å². The first-order valence-corrected chi connectivity index (χ1v) is 9.58. The van der Waals surface area contributed by atoms with Gasteiger partial charge in [-0.3, -0.25) is 14.5 Å². The van der Waals surface area contributed by atoms with Gasteiger partial charge in [0.15, 0.2) is 0 Å². The molecule has 8 heteroatoms. The molecule has 0 saturated carbocycles. The highest BCUT2D eigenvalue weighted by molar-refractivity contribution is 6.21. The maximum absolute atomic E-state index is 12.7. The summed E-state index contributed by atoms with van der Waals surface area (Å²) in [6.07, 6.45) is -0.657. The summed E-state index contributed by atoms with van der Waals surface area (Å²) < 4.78 is 15.6. The quantitative estimate of drug-likeness (QED) is 0.533. The van der Waals surface area contributed by atoms with E-state index >= 15 is 0 Å². The zero-order chi connectivity index (χ0) is 21.3. The molecule has 0 spiro atoms. The van der Waals surface area contributed by atoms with E-state index in [0.29, 0.717) is 35.5 Å². The molecule has 1 fully saturated rings. The molecule has 2 aromatic carbocycles. The smallest absolute Gasteiger partial charge is 0.347 e. The van der Waals surface area contributed by atoms with Gasteiger partial charge in [-0.1, -0.05) is 18.2 Å². The fourth-order valence-electron chi connectivity index (χ4n) is 3.46. The van der Waals surface area contributed by atoms with Gasteiger partial charge in [0.05, 0.1) is 30.9 Å². The molecule has 0 aliphatic carbocycles. The van der Waals surface area contributed by atoms with Gasteiger partial charge in [0.2, 0.25) is 6.10 Å². The van der Waals surface area contributed by atoms with Crippen molar-refractivity contribution < 1.29 is 33.4 Å². The van der Waals surface area contributed by atoms with Crippen LogP contribution >= 0.6 is 0 Å². The fourth-order valence-corrected chi connectivity index (χ4v) is 3.46. The lowest BCUT2D eigenvalue weighted by Crippen LogP contribution is -2.29. The van der Waals surface area contributed by atoms with Crippen molar-refractivity contribution in [1.82, 2.24) is 4.90 Å². The van der Waals surface area contributed by atoms with E-state index in [1.807, 2.05) is 0 Å². The number of hydrogen-bond donors (Lipinski definition) is 0. The molecule has 8 nitrogen and oxygen atoms in total. The Morgan fingerprint density at radius 3 is 2.40 bits per heavy atom. The molecule has 154 valence electrons. The van der Waals surface area contributed by atoms with E-state index < -0.39 is 18.0 Å². The minimum atomic E-state index is -0.952. The Morgan fingerprint density at radius 1 is 1.10 bits per heavy atom. The number of fused-ring (bicyclic) bond motifs is 1. The lowest BCUT2D eigenvalue weighted by molar-refractivity contribution is -0.145. The zero-order valence-electron chi connectivity index (χ0n) is 16.3. The molecule has 0 N–H and O–H groups in total. The third-order valence-electron chi connectivity index (χ3n) is 4.92. The molecule has 0 unspecified atom stereocenters. The average molecular weight is 409 g/mol. The van der Waals surface area contributed by atoms with Crippen molar-refractivity contribution in [2.75, 3.05) is 13.2 Å². The Morgan fingerprint density at radius 2 is 1.80 bits per heavy atom. The standard InChI is InChI=1S/C22H19NO7/c1-2-28-17-8-7-13(11-16(17)21(26)30-18-9-10-29-22(18)27)12-23-19(24)14-5-3-4-6-15(14)20(23)25/h3-8,11,18H,2,9-10,12H2,1H3/t18-/m1/s1. The lowest BCUT2D eigenvalue weighted by Gasteiger charge is -2.17. The highest BCUT2D eigenvalue weighted by Gasteiger charge is 2.35. The first-order chi connectivity index (χ1) is 14.5. The van der Waals surface area contributed by atoms with Gasteiger partial charge >= 0.3 is 11.9 Å². The number of ether oxygens (including phenoxy) is 3. The van der Waals surface area contributed by atoms with Gasteiger partial charge in [0.1, 0.15) is 11.3 Å². The van der Waals surface area contributed by atoms with E-state index in [1.54, 1.807) is 43.3 Å². The first kappa shape index (κ1) is 19.6. The number of carbonyl (C=O) groups is 4. The highest BCUT2D eigenvalue weighted by atomic mass is 16.6. The molecule has 0 aromatic heterocycles. The van der Waals surface area contributed by atoms with Crippen molar-refractivity contribution in [2.24, 2.45) is 0 Å². The molecule has 1 saturated heterocycles. The number of imide groups is 1. The summed E-state index contributed by atoms with van der Waals surface area (Å²) in [5.74, 6) is -1.79. The zero-order valence-corrected chi connectivity index (χ0v) is 16.3. The second-order valence-electron chi connectivity index (χ2n) is 6.86. The highest BCUT2D eigenvalue weighted by Crippen LogP contribution is 2.27. The van der Waals surface area contributed by atoms with Crippen LogP contribution in [0.5, 0.6) is 5.75 Å². The van der Waals surface area contributed by atoms with E-state index in [-0.39, 0.29) is 30.5 Å². The summed E-state index contributed by atoms with van der Waals surface area (Å²) >= 11 is 0. The number of amides is 2. The Bertz CT molecular complexity index is 1010. The van der Waals surface area contributed by atoms with Crippen molar-refractivity contribution in [3.8, 4) is 5.75 Å². The number of cyclic esters (lactones) is 1. The van der Waals surface area contributed by atoms with Gasteiger partial charge in [-0.25, -0.2) is 9.59 Å². The molecule has 2 aliphatic heterocycles. The third-order valence-corrected chi connectivity index (χ3v) is 4.92. The molecule has 0 radical (unpaired) electrons. The number of rotatable bonds is 6. The van der Waals surface area contributed by atoms with Crippen LogP contribution in [-0.2, 0) is 20.8 Å². The Labute approximate surface area is 172 Å². The Balaban J connectivity index is 1.58. The maximum atomic E-state index is 12.7. The topological polar surface area (TPSA) is 99.2 Å². The van der Waals surface area contributed by atoms with Crippen molar-refractivity contribution in [3.63, 3.8) is 0 Å². The molecule has 2 amide bonds. The van der Waals surface area contributed by atoms with E-state index in [1.165, 1.54) is 6.07 Å². The van der Waals surface area contributed by atoms with Crippen LogP contribution in [0.3, 0.4) is 0 Å². The van der Waals surface area contributed by atoms with Crippen LogP contribution in [-0.4, -0.2) is 48.0 Å². The lowest BCUT2D eigenvalue weighted by atomic mass is 10.1. The summed E-state index contributed by atoms with van der Waals surface area (Å²) in [7, 11) is 0. The minimum absolute atomic E-state index is 0.00942. The van der Waals surface area contributed by atoms with Crippen molar-refractivity contribution >= 4 is 23.8 Å². The summed E-state index contributed by atoms with van der Waals surface area (Å²) in [6.45, 7) is 2.29. The number of esters is 2. The third kappa shape index (κ3) is 3.52. The molecule has 0 bridgehead atoms. The van der Waals surface area contributed by atoms with Gasteiger partial charge < -0.3 is 14.2 Å². The Kier molecular flexibility index (Phi) is 5.22. The molecule has 2 aromatic rings. The summed E-state index contributed by atoms with van der Waals surface area (Å²) in [5, 5.41) is 0. The predicted molar refractivity (Wildman–Crippen MR) is 103 cm³/mol. The number of carbonyl (C=O) groups excluding carboxylic acids is 4. The van der Waals surface area contributed by atoms with Gasteiger partial charge in [-0.05, 0) is 36.8 Å². The first-order valence-electron chi connectivity index (χ1n) is 9.58. The molecule has 1 atom stereocenters. The van der Waals surface area contributed by atoms with Crippen LogP contribution in [0.25, 0.3) is 0 Å². The second-order valence-corrected chi connectivity index (χ2v) is 6.86. The van der Waals surface area contributed by atoms with Crippen LogP contribution in [0.1, 0.15) is 50.0 Å². The maximum Gasteiger partial charge on any atom is 0.347 e. The SMILES string of the molecule is CCOc1ccc(CN2C(=O)c3ccccc3C2=O)cc1C(=O)O[C@@H]1CCOC1=O. The molecule has 4 rings (SSSR count). The number of benzene rings is 2. The molecular formula is C22H19NO7. The van der Waals surface area contributed by atoms with E-state index in [0.717, 1.165) is 4.90 Å². The summed E-state index contributed by atoms with van der Waals surface area (Å²) in [4.78, 5) is 50.6. The Hall–Kier alpha value is -3.68. The number of hydrogen-bond acceptors (Lipinski definition) is 7. The monoisotopic (exact) mass is 409 g/mol. The van der Waals surface area contributed by atoms with Gasteiger partial charge in [0, 0.05) is 6.42 Å². The fraction of sp³-hybridized carbons (Fsp3) is 0.273. The van der Waals surface area contributed by atoms with Crippen LogP contribution in [0.2, 0.25) is 0 Å². The van der Waals surface area contributed by atoms with Crippen LogP contribution in [0.15, 0.2) is 42.5 Å². The molecule has 2 heterocycles. The van der Waals surface area contributed by atoms with Crippen LogP contribution in [0, 0.1) is 0 Å². The van der Waals surface area contributed by atoms with Gasteiger partial charge in [0.25, 0.3) is 11.8 Å². The van der Waals surface area contributed by atoms with Crippen LogP contribution < -0.4 is 4.74 Å². The van der Waals surface area contributed by atoms with Crippen molar-refractivity contribution in [3.05, 3.63) is 64.7 Å². The normalized spacial score (nSPS) is 17.7. The molecular weight excluding hydrogens is 390 g/mol.